The molecule has 0 bridgehead atoms. The summed E-state index contributed by atoms with van der Waals surface area (Å²) < 4.78 is 4.62. The van der Waals surface area contributed by atoms with Crippen molar-refractivity contribution in [2.45, 2.75) is 19.9 Å². The van der Waals surface area contributed by atoms with E-state index in [1.807, 2.05) is 23.6 Å². The fraction of sp³-hybridized carbons (Fsp3) is 0.833. The molecule has 6 heteroatoms. The number of esters is 1. The maximum absolute atomic E-state index is 11.8. The lowest BCUT2D eigenvalue weighted by Gasteiger charge is -2.34. The summed E-state index contributed by atoms with van der Waals surface area (Å²) >= 11 is 0. The Labute approximate surface area is 108 Å². The van der Waals surface area contributed by atoms with Gasteiger partial charge in [0.05, 0.1) is 20.2 Å². The molecule has 1 amide bonds. The molecule has 0 atom stereocenters. The number of rotatable bonds is 5. The number of ether oxygens (including phenoxy) is 1. The van der Waals surface area contributed by atoms with Crippen molar-refractivity contribution in [2.24, 2.45) is 0 Å². The van der Waals surface area contributed by atoms with Gasteiger partial charge in [0.25, 0.3) is 0 Å². The molecular formula is C12H23N3O3. The van der Waals surface area contributed by atoms with Gasteiger partial charge in [-0.3, -0.25) is 14.5 Å². The molecule has 0 saturated carbocycles. The Bertz CT molecular complexity index is 286. The highest BCUT2D eigenvalue weighted by atomic mass is 16.5. The summed E-state index contributed by atoms with van der Waals surface area (Å²) in [6, 6.07) is 0.314. The smallest absolute Gasteiger partial charge is 0.319 e. The van der Waals surface area contributed by atoms with Crippen molar-refractivity contribution in [3.05, 3.63) is 0 Å². The first-order chi connectivity index (χ1) is 8.52. The van der Waals surface area contributed by atoms with Gasteiger partial charge in [-0.25, -0.2) is 0 Å². The highest BCUT2D eigenvalue weighted by Crippen LogP contribution is 2.02. The lowest BCUT2D eigenvalue weighted by atomic mass is 10.3. The average Bonchev–Trinajstić information content (AvgIpc) is 2.36. The third kappa shape index (κ3) is 5.01. The third-order valence-electron chi connectivity index (χ3n) is 2.97. The zero-order chi connectivity index (χ0) is 13.5. The topological polar surface area (TPSA) is 61.9 Å². The molecular weight excluding hydrogens is 234 g/mol. The lowest BCUT2D eigenvalue weighted by Crippen LogP contribution is -2.52. The van der Waals surface area contributed by atoms with E-state index < -0.39 is 0 Å². The van der Waals surface area contributed by atoms with Gasteiger partial charge in [0, 0.05) is 32.2 Å². The van der Waals surface area contributed by atoms with Crippen molar-refractivity contribution < 1.29 is 14.3 Å². The van der Waals surface area contributed by atoms with E-state index >= 15 is 0 Å². The summed E-state index contributed by atoms with van der Waals surface area (Å²) in [7, 11) is 1.39. The molecule has 1 heterocycles. The molecule has 0 aliphatic carbocycles. The maximum Gasteiger partial charge on any atom is 0.319 e. The van der Waals surface area contributed by atoms with Crippen LogP contribution in [0, 0.1) is 0 Å². The van der Waals surface area contributed by atoms with Crippen molar-refractivity contribution in [2.75, 3.05) is 46.4 Å². The van der Waals surface area contributed by atoms with Crippen LogP contribution in [-0.2, 0) is 14.3 Å². The maximum atomic E-state index is 11.8. The van der Waals surface area contributed by atoms with Crippen LogP contribution in [0.3, 0.4) is 0 Å². The monoisotopic (exact) mass is 257 g/mol. The van der Waals surface area contributed by atoms with E-state index in [4.69, 9.17) is 0 Å². The van der Waals surface area contributed by atoms with Gasteiger partial charge in [-0.1, -0.05) is 13.8 Å². The van der Waals surface area contributed by atoms with Crippen LogP contribution in [0.25, 0.3) is 0 Å². The standard InChI is InChI=1S/C12H23N3O3/c1-10(2)13-8-11(16)15-6-4-14(5-7-15)9-12(17)18-3/h10,13H,4-9H2,1-3H3. The summed E-state index contributed by atoms with van der Waals surface area (Å²) in [5.74, 6) is -0.0994. The van der Waals surface area contributed by atoms with Gasteiger partial charge in [0.15, 0.2) is 0 Å². The lowest BCUT2D eigenvalue weighted by molar-refractivity contribution is -0.142. The summed E-state index contributed by atoms with van der Waals surface area (Å²) in [6.07, 6.45) is 0. The van der Waals surface area contributed by atoms with Crippen LogP contribution < -0.4 is 5.32 Å². The van der Waals surface area contributed by atoms with E-state index in [-0.39, 0.29) is 11.9 Å². The molecule has 1 aliphatic rings. The quantitative estimate of drug-likeness (QED) is 0.660. The highest BCUT2D eigenvalue weighted by Gasteiger charge is 2.22. The summed E-state index contributed by atoms with van der Waals surface area (Å²) in [4.78, 5) is 26.8. The second-order valence-corrected chi connectivity index (χ2v) is 4.77. The molecule has 18 heavy (non-hydrogen) atoms. The van der Waals surface area contributed by atoms with Gasteiger partial charge >= 0.3 is 5.97 Å². The zero-order valence-corrected chi connectivity index (χ0v) is 11.4. The van der Waals surface area contributed by atoms with Gasteiger partial charge in [-0.2, -0.15) is 0 Å². The molecule has 1 aliphatic heterocycles. The van der Waals surface area contributed by atoms with E-state index in [0.717, 1.165) is 13.1 Å². The van der Waals surface area contributed by atoms with E-state index in [1.54, 1.807) is 0 Å². The molecule has 1 rings (SSSR count). The Morgan fingerprint density at radius 3 is 2.33 bits per heavy atom. The molecule has 0 aromatic rings. The number of nitrogens with zero attached hydrogens (tertiary/aromatic N) is 2. The van der Waals surface area contributed by atoms with Crippen LogP contribution in [-0.4, -0.2) is 74.1 Å². The van der Waals surface area contributed by atoms with Gasteiger partial charge in [0.2, 0.25) is 5.91 Å². The number of hydrogen-bond acceptors (Lipinski definition) is 5. The molecule has 1 saturated heterocycles. The van der Waals surface area contributed by atoms with Crippen LogP contribution in [0.15, 0.2) is 0 Å². The van der Waals surface area contributed by atoms with Crippen LogP contribution in [0.1, 0.15) is 13.8 Å². The molecule has 0 aromatic heterocycles. The Morgan fingerprint density at radius 1 is 1.22 bits per heavy atom. The minimum atomic E-state index is -0.226. The predicted octanol–water partition coefficient (Wildman–Crippen LogP) is -0.698. The van der Waals surface area contributed by atoms with Gasteiger partial charge in [0.1, 0.15) is 0 Å². The van der Waals surface area contributed by atoms with Crippen LogP contribution in [0.2, 0.25) is 0 Å². The molecule has 1 fully saturated rings. The summed E-state index contributed by atoms with van der Waals surface area (Å²) in [5, 5.41) is 3.12. The van der Waals surface area contributed by atoms with Gasteiger partial charge in [-0.05, 0) is 0 Å². The average molecular weight is 257 g/mol. The van der Waals surface area contributed by atoms with E-state index in [2.05, 4.69) is 10.1 Å². The minimum Gasteiger partial charge on any atom is -0.468 e. The van der Waals surface area contributed by atoms with Crippen LogP contribution in [0.5, 0.6) is 0 Å². The van der Waals surface area contributed by atoms with Crippen molar-refractivity contribution in [3.8, 4) is 0 Å². The summed E-state index contributed by atoms with van der Waals surface area (Å²) in [6.45, 7) is 7.52. The Hall–Kier alpha value is -1.14. The number of methoxy groups -OCH3 is 1. The third-order valence-corrected chi connectivity index (χ3v) is 2.97. The molecule has 1 N–H and O–H groups in total. The van der Waals surface area contributed by atoms with Crippen molar-refractivity contribution in [3.63, 3.8) is 0 Å². The Morgan fingerprint density at radius 2 is 1.83 bits per heavy atom. The Balaban J connectivity index is 2.26. The number of carbonyl (C=O) groups excluding carboxylic acids is 2. The number of hydrogen-bond donors (Lipinski definition) is 1. The van der Waals surface area contributed by atoms with Crippen molar-refractivity contribution in [1.29, 1.82) is 0 Å². The first-order valence-corrected chi connectivity index (χ1v) is 6.33. The minimum absolute atomic E-state index is 0.126. The molecule has 0 radical (unpaired) electrons. The molecule has 0 aromatic carbocycles. The summed E-state index contributed by atoms with van der Waals surface area (Å²) in [5.41, 5.74) is 0. The Kier molecular flexibility index (Phi) is 6.07. The normalized spacial score (nSPS) is 17.0. The van der Waals surface area contributed by atoms with Gasteiger partial charge in [-0.15, -0.1) is 0 Å². The van der Waals surface area contributed by atoms with Crippen molar-refractivity contribution >= 4 is 11.9 Å². The number of nitrogens with one attached hydrogen (secondary N) is 1. The van der Waals surface area contributed by atoms with Gasteiger partial charge < -0.3 is 15.0 Å². The molecule has 0 spiro atoms. The second kappa shape index (κ2) is 7.33. The van der Waals surface area contributed by atoms with Crippen LogP contribution >= 0.6 is 0 Å². The first kappa shape index (κ1) is 14.9. The van der Waals surface area contributed by atoms with Crippen molar-refractivity contribution in [1.82, 2.24) is 15.1 Å². The fourth-order valence-electron chi connectivity index (χ4n) is 1.81. The predicted molar refractivity (Wildman–Crippen MR) is 68.2 cm³/mol. The van der Waals surface area contributed by atoms with E-state index in [1.165, 1.54) is 7.11 Å². The first-order valence-electron chi connectivity index (χ1n) is 6.33. The second-order valence-electron chi connectivity index (χ2n) is 4.77. The number of amides is 1. The molecule has 6 nitrogen and oxygen atoms in total. The molecule has 0 unspecified atom stereocenters. The fourth-order valence-corrected chi connectivity index (χ4v) is 1.81. The largest absolute Gasteiger partial charge is 0.468 e. The highest BCUT2D eigenvalue weighted by molar-refractivity contribution is 5.78. The van der Waals surface area contributed by atoms with Crippen LogP contribution in [0.4, 0.5) is 0 Å². The van der Waals surface area contributed by atoms with E-state index in [0.29, 0.717) is 32.2 Å². The SMILES string of the molecule is COC(=O)CN1CCN(C(=O)CNC(C)C)CC1. The number of carbonyl (C=O) groups is 2. The van der Waals surface area contributed by atoms with E-state index in [9.17, 15) is 9.59 Å². The zero-order valence-electron chi connectivity index (χ0n) is 11.4. The number of piperazine rings is 1. The molecule has 104 valence electrons.